The van der Waals surface area contributed by atoms with Crippen molar-refractivity contribution in [3.63, 3.8) is 0 Å². The number of para-hydroxylation sites is 1. The molecule has 5 heteroatoms. The maximum atomic E-state index is 10.7. The molecule has 0 amide bonds. The monoisotopic (exact) mass is 336 g/mol. The molecule has 0 aliphatic rings. The van der Waals surface area contributed by atoms with Crippen molar-refractivity contribution in [3.05, 3.63) is 66.0 Å². The number of methoxy groups -OCH3 is 1. The number of rotatable bonds is 3. The van der Waals surface area contributed by atoms with Crippen LogP contribution in [0, 0.1) is 6.92 Å². The van der Waals surface area contributed by atoms with Gasteiger partial charge < -0.3 is 14.6 Å². The summed E-state index contributed by atoms with van der Waals surface area (Å²) in [6, 6.07) is 15.7. The first-order chi connectivity index (χ1) is 12.2. The SMILES string of the molecule is COc1ccc2[nH]c(C)cc2c1.COn1cc(C=O)c2ccccc21. The Balaban J connectivity index is 0.000000146. The van der Waals surface area contributed by atoms with E-state index in [1.165, 1.54) is 11.1 Å². The summed E-state index contributed by atoms with van der Waals surface area (Å²) >= 11 is 0. The number of aryl methyl sites for hydroxylation is 1. The minimum atomic E-state index is 0.650. The molecule has 0 bridgehead atoms. The zero-order valence-corrected chi connectivity index (χ0v) is 14.4. The maximum Gasteiger partial charge on any atom is 0.152 e. The van der Waals surface area contributed by atoms with Crippen molar-refractivity contribution in [1.29, 1.82) is 0 Å². The molecular formula is C20H20N2O3. The highest BCUT2D eigenvalue weighted by molar-refractivity contribution is 5.97. The predicted molar refractivity (Wildman–Crippen MR) is 99.4 cm³/mol. The highest BCUT2D eigenvalue weighted by Crippen LogP contribution is 2.21. The van der Waals surface area contributed by atoms with Crippen LogP contribution >= 0.6 is 0 Å². The zero-order valence-electron chi connectivity index (χ0n) is 14.4. The van der Waals surface area contributed by atoms with Crippen LogP contribution in [0.1, 0.15) is 16.1 Å². The summed E-state index contributed by atoms with van der Waals surface area (Å²) in [4.78, 5) is 19.0. The number of hydrogen-bond acceptors (Lipinski definition) is 3. The minimum absolute atomic E-state index is 0.650. The molecule has 1 N–H and O–H groups in total. The Labute approximate surface area is 145 Å². The van der Waals surface area contributed by atoms with Crippen LogP contribution in [-0.2, 0) is 0 Å². The molecule has 4 rings (SSSR count). The fraction of sp³-hybridized carbons (Fsp3) is 0.150. The average Bonchev–Trinajstić information content (AvgIpc) is 3.20. The summed E-state index contributed by atoms with van der Waals surface area (Å²) in [5.41, 5.74) is 3.90. The van der Waals surface area contributed by atoms with Crippen LogP contribution in [0.4, 0.5) is 0 Å². The number of benzene rings is 2. The summed E-state index contributed by atoms with van der Waals surface area (Å²) in [5, 5.41) is 2.12. The van der Waals surface area contributed by atoms with Crippen molar-refractivity contribution >= 4 is 28.1 Å². The first-order valence-corrected chi connectivity index (χ1v) is 7.89. The molecular weight excluding hydrogens is 316 g/mol. The number of aldehydes is 1. The number of nitrogens with zero attached hydrogens (tertiary/aromatic N) is 1. The van der Waals surface area contributed by atoms with E-state index in [0.717, 1.165) is 28.5 Å². The van der Waals surface area contributed by atoms with Gasteiger partial charge in [-0.3, -0.25) is 4.79 Å². The molecule has 0 atom stereocenters. The second kappa shape index (κ2) is 7.13. The fourth-order valence-corrected chi connectivity index (χ4v) is 2.80. The Morgan fingerprint density at radius 1 is 1.08 bits per heavy atom. The number of hydrogen-bond donors (Lipinski definition) is 1. The standard InChI is InChI=1S/C10H9NO2.C10H11NO/c1-13-11-6-8(7-12)9-4-2-3-5-10(9)11;1-7-5-8-6-9(12-2)3-4-10(8)11-7/h2-7H,1H3;3-6,11H,1-2H3. The molecule has 5 nitrogen and oxygen atoms in total. The molecule has 0 unspecified atom stereocenters. The molecule has 0 fully saturated rings. The number of aromatic nitrogens is 2. The summed E-state index contributed by atoms with van der Waals surface area (Å²) < 4.78 is 6.70. The third kappa shape index (κ3) is 3.35. The first kappa shape index (κ1) is 16.6. The molecule has 0 spiro atoms. The van der Waals surface area contributed by atoms with E-state index in [2.05, 4.69) is 11.1 Å². The normalized spacial score (nSPS) is 10.4. The third-order valence-electron chi connectivity index (χ3n) is 4.00. The number of carbonyl (C=O) groups is 1. The summed E-state index contributed by atoms with van der Waals surface area (Å²) in [7, 11) is 3.25. The summed E-state index contributed by atoms with van der Waals surface area (Å²) in [5.74, 6) is 0.904. The van der Waals surface area contributed by atoms with Crippen molar-refractivity contribution in [2.75, 3.05) is 14.2 Å². The molecule has 128 valence electrons. The Morgan fingerprint density at radius 2 is 1.88 bits per heavy atom. The van der Waals surface area contributed by atoms with Crippen LogP contribution in [0.5, 0.6) is 5.75 Å². The molecule has 2 heterocycles. The molecule has 4 aromatic rings. The van der Waals surface area contributed by atoms with Gasteiger partial charge in [0.1, 0.15) is 12.9 Å². The van der Waals surface area contributed by atoms with Crippen LogP contribution in [0.25, 0.3) is 21.8 Å². The Bertz CT molecular complexity index is 1010. The summed E-state index contributed by atoms with van der Waals surface area (Å²) in [6.45, 7) is 2.05. The van der Waals surface area contributed by atoms with Crippen LogP contribution in [0.3, 0.4) is 0 Å². The lowest BCUT2D eigenvalue weighted by atomic mass is 10.2. The lowest BCUT2D eigenvalue weighted by molar-refractivity contribution is 0.112. The van der Waals surface area contributed by atoms with Crippen molar-refractivity contribution in [3.8, 4) is 5.75 Å². The highest BCUT2D eigenvalue weighted by Gasteiger charge is 2.06. The minimum Gasteiger partial charge on any atom is -0.497 e. The van der Waals surface area contributed by atoms with E-state index in [9.17, 15) is 4.79 Å². The van der Waals surface area contributed by atoms with Crippen molar-refractivity contribution in [1.82, 2.24) is 9.71 Å². The van der Waals surface area contributed by atoms with E-state index in [1.54, 1.807) is 25.1 Å². The molecule has 0 aliphatic heterocycles. The highest BCUT2D eigenvalue weighted by atomic mass is 16.6. The molecule has 0 saturated carbocycles. The van der Waals surface area contributed by atoms with Crippen LogP contribution in [0.2, 0.25) is 0 Å². The van der Waals surface area contributed by atoms with Crippen LogP contribution < -0.4 is 9.57 Å². The van der Waals surface area contributed by atoms with Crippen molar-refractivity contribution in [2.24, 2.45) is 0 Å². The molecule has 25 heavy (non-hydrogen) atoms. The summed E-state index contributed by atoms with van der Waals surface area (Å²) in [6.07, 6.45) is 2.51. The van der Waals surface area contributed by atoms with Crippen molar-refractivity contribution < 1.29 is 14.4 Å². The van der Waals surface area contributed by atoms with Gasteiger partial charge in [-0.25, -0.2) is 0 Å². The third-order valence-corrected chi connectivity index (χ3v) is 4.00. The maximum absolute atomic E-state index is 10.7. The van der Waals surface area contributed by atoms with Gasteiger partial charge in [0.25, 0.3) is 0 Å². The van der Waals surface area contributed by atoms with E-state index in [-0.39, 0.29) is 0 Å². The van der Waals surface area contributed by atoms with Gasteiger partial charge in [0.05, 0.1) is 18.8 Å². The molecule has 2 aromatic heterocycles. The Morgan fingerprint density at radius 3 is 2.60 bits per heavy atom. The second-order valence-corrected chi connectivity index (χ2v) is 5.63. The Kier molecular flexibility index (Phi) is 4.75. The smallest absolute Gasteiger partial charge is 0.152 e. The number of carbonyl (C=O) groups excluding carboxylic acids is 1. The van der Waals surface area contributed by atoms with Crippen LogP contribution in [0.15, 0.2) is 54.7 Å². The fourth-order valence-electron chi connectivity index (χ4n) is 2.80. The van der Waals surface area contributed by atoms with Gasteiger partial charge in [-0.1, -0.05) is 18.2 Å². The molecule has 0 radical (unpaired) electrons. The van der Waals surface area contributed by atoms with Gasteiger partial charge in [0.2, 0.25) is 0 Å². The lowest BCUT2D eigenvalue weighted by Gasteiger charge is -1.99. The van der Waals surface area contributed by atoms with Gasteiger partial charge in [0.15, 0.2) is 6.29 Å². The van der Waals surface area contributed by atoms with Gasteiger partial charge in [-0.05, 0) is 37.3 Å². The van der Waals surface area contributed by atoms with Gasteiger partial charge in [-0.2, -0.15) is 4.73 Å². The Hall–Kier alpha value is -3.21. The van der Waals surface area contributed by atoms with Gasteiger partial charge in [-0.15, -0.1) is 0 Å². The molecule has 0 aliphatic carbocycles. The molecule has 2 aromatic carbocycles. The van der Waals surface area contributed by atoms with Gasteiger partial charge >= 0.3 is 0 Å². The van der Waals surface area contributed by atoms with Gasteiger partial charge in [0, 0.05) is 27.5 Å². The average molecular weight is 336 g/mol. The number of ether oxygens (including phenoxy) is 1. The van der Waals surface area contributed by atoms with Crippen molar-refractivity contribution in [2.45, 2.75) is 6.92 Å². The van der Waals surface area contributed by atoms with E-state index in [0.29, 0.717) is 5.56 Å². The first-order valence-electron chi connectivity index (χ1n) is 7.89. The second-order valence-electron chi connectivity index (χ2n) is 5.63. The predicted octanol–water partition coefficient (Wildman–Crippen LogP) is 4.00. The topological polar surface area (TPSA) is 56.2 Å². The molecule has 0 saturated heterocycles. The number of H-pyrrole nitrogens is 1. The quantitative estimate of drug-likeness (QED) is 0.575. The largest absolute Gasteiger partial charge is 0.497 e. The van der Waals surface area contributed by atoms with Crippen LogP contribution in [-0.4, -0.2) is 30.2 Å². The number of fused-ring (bicyclic) bond motifs is 2. The van der Waals surface area contributed by atoms with E-state index in [1.807, 2.05) is 49.4 Å². The number of aromatic amines is 1. The lowest BCUT2D eigenvalue weighted by Crippen LogP contribution is -2.02. The van der Waals surface area contributed by atoms with E-state index >= 15 is 0 Å². The van der Waals surface area contributed by atoms with E-state index < -0.39 is 0 Å². The number of nitrogens with one attached hydrogen (secondary N) is 1. The van der Waals surface area contributed by atoms with E-state index in [4.69, 9.17) is 9.57 Å². The zero-order chi connectivity index (χ0) is 17.8.